The zero-order valence-electron chi connectivity index (χ0n) is 12.3. The highest BCUT2D eigenvalue weighted by atomic mass is 16.5. The zero-order chi connectivity index (χ0) is 16.2. The lowest BCUT2D eigenvalue weighted by atomic mass is 10.1. The first-order valence-corrected chi connectivity index (χ1v) is 6.97. The van der Waals surface area contributed by atoms with Crippen LogP contribution in [0.5, 0.6) is 5.75 Å². The lowest BCUT2D eigenvalue weighted by Crippen LogP contribution is -2.13. The normalized spacial score (nSPS) is 11.9. The molecule has 116 valence electrons. The number of para-hydroxylation sites is 1. The average Bonchev–Trinajstić information content (AvgIpc) is 2.96. The number of carboxylic acids is 1. The van der Waals surface area contributed by atoms with Crippen LogP contribution in [0.3, 0.4) is 0 Å². The van der Waals surface area contributed by atoms with Gasteiger partial charge in [0.15, 0.2) is 11.9 Å². The van der Waals surface area contributed by atoms with Gasteiger partial charge in [-0.3, -0.25) is 0 Å². The van der Waals surface area contributed by atoms with Crippen LogP contribution in [0.25, 0.3) is 0 Å². The number of ether oxygens (including phenoxy) is 1. The molecule has 6 heteroatoms. The summed E-state index contributed by atoms with van der Waals surface area (Å²) in [5, 5.41) is 9.10. The fourth-order valence-electron chi connectivity index (χ4n) is 2.20. The lowest BCUT2D eigenvalue weighted by Gasteiger charge is -2.17. The van der Waals surface area contributed by atoms with E-state index in [4.69, 9.17) is 14.3 Å². The molecule has 0 amide bonds. The van der Waals surface area contributed by atoms with Gasteiger partial charge in [0.1, 0.15) is 11.5 Å². The third kappa shape index (κ3) is 3.21. The molecule has 1 aromatic carbocycles. The van der Waals surface area contributed by atoms with E-state index in [9.17, 15) is 4.79 Å². The average molecular weight is 310 g/mol. The van der Waals surface area contributed by atoms with E-state index in [2.05, 4.69) is 9.97 Å². The van der Waals surface area contributed by atoms with Gasteiger partial charge in [0.2, 0.25) is 5.76 Å². The van der Waals surface area contributed by atoms with Crippen LogP contribution in [0.1, 0.15) is 33.8 Å². The highest BCUT2D eigenvalue weighted by Crippen LogP contribution is 2.30. The van der Waals surface area contributed by atoms with Crippen molar-refractivity contribution in [2.45, 2.75) is 13.0 Å². The van der Waals surface area contributed by atoms with Gasteiger partial charge in [0.25, 0.3) is 0 Å². The predicted octanol–water partition coefficient (Wildman–Crippen LogP) is 3.24. The van der Waals surface area contributed by atoms with Crippen LogP contribution in [-0.4, -0.2) is 21.0 Å². The zero-order valence-corrected chi connectivity index (χ0v) is 12.3. The minimum atomic E-state index is -1.13. The molecule has 3 rings (SSSR count). The molecule has 3 aromatic rings. The quantitative estimate of drug-likeness (QED) is 0.778. The summed E-state index contributed by atoms with van der Waals surface area (Å²) in [6, 6.07) is 12.3. The maximum atomic E-state index is 11.1. The molecule has 0 fully saturated rings. The highest BCUT2D eigenvalue weighted by molar-refractivity contribution is 5.84. The van der Waals surface area contributed by atoms with Gasteiger partial charge < -0.3 is 14.3 Å². The van der Waals surface area contributed by atoms with E-state index >= 15 is 0 Å². The van der Waals surface area contributed by atoms with Gasteiger partial charge in [0, 0.05) is 18.0 Å². The second-order valence-electron chi connectivity index (χ2n) is 4.85. The number of benzene rings is 1. The van der Waals surface area contributed by atoms with Gasteiger partial charge in [-0.25, -0.2) is 14.8 Å². The van der Waals surface area contributed by atoms with E-state index in [1.807, 2.05) is 30.3 Å². The molecule has 0 bridgehead atoms. The summed E-state index contributed by atoms with van der Waals surface area (Å²) in [6.07, 6.45) is 2.56. The summed E-state index contributed by atoms with van der Waals surface area (Å²) in [4.78, 5) is 19.6. The van der Waals surface area contributed by atoms with E-state index in [-0.39, 0.29) is 5.76 Å². The Hall–Kier alpha value is -3.15. The Balaban J connectivity index is 2.03. The van der Waals surface area contributed by atoms with Gasteiger partial charge in [-0.2, -0.15) is 0 Å². The number of aromatic nitrogens is 2. The maximum absolute atomic E-state index is 11.1. The number of nitrogens with zero attached hydrogens (tertiary/aromatic N) is 2. The number of carboxylic acid groups (broad SMARTS) is 1. The number of hydrogen-bond donors (Lipinski definition) is 1. The van der Waals surface area contributed by atoms with Crippen molar-refractivity contribution in [3.63, 3.8) is 0 Å². The van der Waals surface area contributed by atoms with Crippen LogP contribution < -0.4 is 4.74 Å². The Bertz CT molecular complexity index is 800. The molecule has 2 aromatic heterocycles. The highest BCUT2D eigenvalue weighted by Gasteiger charge is 2.26. The second-order valence-corrected chi connectivity index (χ2v) is 4.85. The Labute approximate surface area is 132 Å². The lowest BCUT2D eigenvalue weighted by molar-refractivity contribution is 0.0661. The van der Waals surface area contributed by atoms with E-state index in [1.54, 1.807) is 25.4 Å². The molecule has 0 saturated heterocycles. The van der Waals surface area contributed by atoms with Crippen LogP contribution >= 0.6 is 0 Å². The first kappa shape index (κ1) is 14.8. The molecule has 2 heterocycles. The molecular weight excluding hydrogens is 296 g/mol. The summed E-state index contributed by atoms with van der Waals surface area (Å²) < 4.78 is 11.3. The van der Waals surface area contributed by atoms with Crippen molar-refractivity contribution in [3.8, 4) is 5.75 Å². The van der Waals surface area contributed by atoms with E-state index in [0.29, 0.717) is 22.9 Å². The predicted molar refractivity (Wildman–Crippen MR) is 81.3 cm³/mol. The fourth-order valence-corrected chi connectivity index (χ4v) is 2.20. The minimum absolute atomic E-state index is 0.143. The number of rotatable bonds is 5. The van der Waals surface area contributed by atoms with Crippen molar-refractivity contribution in [3.05, 3.63) is 77.8 Å². The van der Waals surface area contributed by atoms with Crippen molar-refractivity contribution < 1.29 is 19.1 Å². The molecule has 0 spiro atoms. The number of hydrogen-bond acceptors (Lipinski definition) is 5. The van der Waals surface area contributed by atoms with Crippen molar-refractivity contribution in [2.24, 2.45) is 0 Å². The third-order valence-electron chi connectivity index (χ3n) is 3.27. The molecular formula is C17H14N2O4. The van der Waals surface area contributed by atoms with Gasteiger partial charge in [-0.1, -0.05) is 18.2 Å². The van der Waals surface area contributed by atoms with Crippen molar-refractivity contribution >= 4 is 5.97 Å². The Morgan fingerprint density at radius 3 is 2.48 bits per heavy atom. The summed E-state index contributed by atoms with van der Waals surface area (Å²) >= 11 is 0. The van der Waals surface area contributed by atoms with Crippen molar-refractivity contribution in [1.29, 1.82) is 0 Å². The molecule has 0 saturated carbocycles. The molecule has 0 radical (unpaired) electrons. The van der Waals surface area contributed by atoms with Gasteiger partial charge >= 0.3 is 5.97 Å². The minimum Gasteiger partial charge on any atom is -0.478 e. The number of aromatic carboxylic acids is 1. The van der Waals surface area contributed by atoms with E-state index in [1.165, 1.54) is 6.07 Å². The standard InChI is InChI=1S/C17H14N2O4/c1-11-13(10-14(22-11)17(20)21)15(16-18-8-5-9-19-16)23-12-6-3-2-4-7-12/h2-10,15H,1H3,(H,20,21). The Morgan fingerprint density at radius 1 is 1.17 bits per heavy atom. The van der Waals surface area contributed by atoms with Crippen LogP contribution in [0.2, 0.25) is 0 Å². The summed E-state index contributed by atoms with van der Waals surface area (Å²) in [7, 11) is 0. The molecule has 1 atom stereocenters. The molecule has 1 N–H and O–H groups in total. The molecule has 0 aliphatic carbocycles. The first-order chi connectivity index (χ1) is 11.1. The molecule has 0 aliphatic rings. The van der Waals surface area contributed by atoms with Crippen LogP contribution in [0.15, 0.2) is 59.3 Å². The van der Waals surface area contributed by atoms with Gasteiger partial charge in [-0.05, 0) is 31.2 Å². The third-order valence-corrected chi connectivity index (χ3v) is 3.27. The van der Waals surface area contributed by atoms with Crippen molar-refractivity contribution in [1.82, 2.24) is 9.97 Å². The number of aryl methyl sites for hydroxylation is 1. The first-order valence-electron chi connectivity index (χ1n) is 6.97. The van der Waals surface area contributed by atoms with Gasteiger partial charge in [-0.15, -0.1) is 0 Å². The molecule has 23 heavy (non-hydrogen) atoms. The van der Waals surface area contributed by atoms with Crippen molar-refractivity contribution in [2.75, 3.05) is 0 Å². The fraction of sp³-hybridized carbons (Fsp3) is 0.118. The smallest absolute Gasteiger partial charge is 0.371 e. The van der Waals surface area contributed by atoms with Gasteiger partial charge in [0.05, 0.1) is 0 Å². The molecule has 1 unspecified atom stereocenters. The monoisotopic (exact) mass is 310 g/mol. The number of carbonyl (C=O) groups is 1. The number of furan rings is 1. The Kier molecular flexibility index (Phi) is 4.05. The van der Waals surface area contributed by atoms with Crippen LogP contribution in [0.4, 0.5) is 0 Å². The Morgan fingerprint density at radius 2 is 1.87 bits per heavy atom. The summed E-state index contributed by atoms with van der Waals surface area (Å²) in [5.41, 5.74) is 0.581. The van der Waals surface area contributed by atoms with E-state index < -0.39 is 12.1 Å². The molecule has 0 aliphatic heterocycles. The SMILES string of the molecule is Cc1oc(C(=O)O)cc1C(Oc1ccccc1)c1ncccn1. The largest absolute Gasteiger partial charge is 0.478 e. The maximum Gasteiger partial charge on any atom is 0.371 e. The van der Waals surface area contributed by atoms with Crippen LogP contribution in [-0.2, 0) is 0 Å². The molecule has 6 nitrogen and oxygen atoms in total. The van der Waals surface area contributed by atoms with Crippen LogP contribution in [0, 0.1) is 6.92 Å². The summed E-state index contributed by atoms with van der Waals surface area (Å²) in [6.45, 7) is 1.69. The second kappa shape index (κ2) is 6.31. The summed E-state index contributed by atoms with van der Waals surface area (Å²) in [5.74, 6) is 0.234. The van der Waals surface area contributed by atoms with E-state index in [0.717, 1.165) is 0 Å². The topological polar surface area (TPSA) is 85.5 Å².